The number of nitrogens with one attached hydrogen (secondary N) is 1. The number of benzene rings is 2. The zero-order chi connectivity index (χ0) is 21.5. The highest BCUT2D eigenvalue weighted by atomic mass is 16.3. The van der Waals surface area contributed by atoms with Gasteiger partial charge in [0.1, 0.15) is 11.2 Å². The molecule has 1 aromatic heterocycles. The number of aliphatic hydroxyl groups is 1. The van der Waals surface area contributed by atoms with E-state index >= 15 is 0 Å². The first-order valence-corrected chi connectivity index (χ1v) is 9.73. The van der Waals surface area contributed by atoms with Gasteiger partial charge in [-0.05, 0) is 35.2 Å². The van der Waals surface area contributed by atoms with E-state index in [9.17, 15) is 9.59 Å². The molecule has 0 unspecified atom stereocenters. The van der Waals surface area contributed by atoms with Crippen molar-refractivity contribution in [2.45, 2.75) is 26.2 Å². The van der Waals surface area contributed by atoms with Crippen molar-refractivity contribution >= 4 is 28.6 Å². The van der Waals surface area contributed by atoms with E-state index in [1.165, 1.54) is 11.6 Å². The summed E-state index contributed by atoms with van der Waals surface area (Å²) >= 11 is 0. The number of aliphatic hydroxyl groups excluding tert-OH is 1. The summed E-state index contributed by atoms with van der Waals surface area (Å²) in [5, 5.41) is 12.0. The minimum absolute atomic E-state index is 0.0299. The van der Waals surface area contributed by atoms with E-state index in [1.54, 1.807) is 18.2 Å². The maximum absolute atomic E-state index is 12.3. The molecule has 0 atom stereocenters. The standard InChI is InChI=1S/C23H23N3O4/c1-23(2,3)15-6-4-14(5-7-15)21-25-17-9-8-16(12-19(17)30-21)24-18-13-20(28)26(10-11-27)22(18)29/h4-9,12-13,24,27H,10-11H2,1-3H3. The van der Waals surface area contributed by atoms with Crippen LogP contribution in [0.25, 0.3) is 22.6 Å². The minimum atomic E-state index is -0.466. The van der Waals surface area contributed by atoms with Gasteiger partial charge < -0.3 is 14.8 Å². The fourth-order valence-electron chi connectivity index (χ4n) is 3.30. The molecule has 3 aromatic rings. The second kappa shape index (κ2) is 7.42. The molecule has 30 heavy (non-hydrogen) atoms. The topological polar surface area (TPSA) is 95.7 Å². The van der Waals surface area contributed by atoms with Crippen molar-refractivity contribution in [2.75, 3.05) is 18.5 Å². The highest BCUT2D eigenvalue weighted by Gasteiger charge is 2.30. The van der Waals surface area contributed by atoms with Gasteiger partial charge in [-0.2, -0.15) is 0 Å². The molecule has 7 heteroatoms. The third-order valence-electron chi connectivity index (χ3n) is 5.00. The van der Waals surface area contributed by atoms with E-state index < -0.39 is 11.8 Å². The highest BCUT2D eigenvalue weighted by Crippen LogP contribution is 2.29. The maximum atomic E-state index is 12.3. The molecule has 2 amide bonds. The zero-order valence-electron chi connectivity index (χ0n) is 17.1. The van der Waals surface area contributed by atoms with Crippen molar-refractivity contribution in [1.82, 2.24) is 9.88 Å². The third kappa shape index (κ3) is 3.71. The number of carbonyl (C=O) groups is 2. The number of amides is 2. The first-order chi connectivity index (χ1) is 14.3. The number of anilines is 1. The molecule has 0 saturated carbocycles. The third-order valence-corrected chi connectivity index (χ3v) is 5.00. The Balaban J connectivity index is 1.57. The molecule has 2 aromatic carbocycles. The number of nitrogens with zero attached hydrogens (tertiary/aromatic N) is 2. The van der Waals surface area contributed by atoms with Crippen molar-refractivity contribution in [2.24, 2.45) is 0 Å². The average Bonchev–Trinajstić information content (AvgIpc) is 3.24. The summed E-state index contributed by atoms with van der Waals surface area (Å²) in [5.74, 6) is -0.396. The van der Waals surface area contributed by atoms with Gasteiger partial charge in [-0.3, -0.25) is 14.5 Å². The maximum Gasteiger partial charge on any atom is 0.277 e. The Labute approximate surface area is 174 Å². The molecule has 0 fully saturated rings. The van der Waals surface area contributed by atoms with Gasteiger partial charge in [-0.25, -0.2) is 4.98 Å². The van der Waals surface area contributed by atoms with Crippen LogP contribution < -0.4 is 5.32 Å². The Morgan fingerprint density at radius 1 is 1.10 bits per heavy atom. The zero-order valence-corrected chi connectivity index (χ0v) is 17.1. The largest absolute Gasteiger partial charge is 0.436 e. The van der Waals surface area contributed by atoms with Crippen LogP contribution >= 0.6 is 0 Å². The number of rotatable bonds is 5. The van der Waals surface area contributed by atoms with Crippen LogP contribution in [0.15, 0.2) is 58.7 Å². The number of carbonyl (C=O) groups excluding carboxylic acids is 2. The Kier molecular flexibility index (Phi) is 4.91. The van der Waals surface area contributed by atoms with E-state index in [2.05, 4.69) is 43.2 Å². The average molecular weight is 405 g/mol. The summed E-state index contributed by atoms with van der Waals surface area (Å²) in [4.78, 5) is 29.7. The lowest BCUT2D eigenvalue weighted by Gasteiger charge is -2.18. The van der Waals surface area contributed by atoms with Crippen LogP contribution in [-0.2, 0) is 15.0 Å². The molecule has 0 saturated heterocycles. The SMILES string of the molecule is CC(C)(C)c1ccc(-c2nc3ccc(NC4=CC(=O)N(CCO)C4=O)cc3o2)cc1. The van der Waals surface area contributed by atoms with Gasteiger partial charge >= 0.3 is 0 Å². The number of imide groups is 1. The molecule has 0 spiro atoms. The molecular weight excluding hydrogens is 382 g/mol. The van der Waals surface area contributed by atoms with Crippen LogP contribution in [0.4, 0.5) is 5.69 Å². The van der Waals surface area contributed by atoms with Gasteiger partial charge in [-0.1, -0.05) is 32.9 Å². The van der Waals surface area contributed by atoms with E-state index in [-0.39, 0.29) is 24.3 Å². The van der Waals surface area contributed by atoms with Crippen molar-refractivity contribution in [1.29, 1.82) is 0 Å². The number of β-amino-alcohol motifs (C(OH)–C–C–N with tert-alkyl or cyclic N) is 1. The monoisotopic (exact) mass is 405 g/mol. The Hall–Kier alpha value is -3.45. The summed E-state index contributed by atoms with van der Waals surface area (Å²) in [6.07, 6.45) is 1.23. The second-order valence-corrected chi connectivity index (χ2v) is 8.23. The second-order valence-electron chi connectivity index (χ2n) is 8.23. The van der Waals surface area contributed by atoms with Crippen LogP contribution in [0.2, 0.25) is 0 Å². The Morgan fingerprint density at radius 2 is 1.83 bits per heavy atom. The molecule has 0 aliphatic carbocycles. The molecule has 1 aliphatic heterocycles. The van der Waals surface area contributed by atoms with Gasteiger partial charge in [0, 0.05) is 23.4 Å². The van der Waals surface area contributed by atoms with Crippen LogP contribution in [0, 0.1) is 0 Å². The molecule has 4 rings (SSSR count). The lowest BCUT2D eigenvalue weighted by atomic mass is 9.87. The number of aromatic nitrogens is 1. The summed E-state index contributed by atoms with van der Waals surface area (Å²) in [7, 11) is 0. The van der Waals surface area contributed by atoms with E-state index in [4.69, 9.17) is 9.52 Å². The van der Waals surface area contributed by atoms with Crippen LogP contribution in [0.3, 0.4) is 0 Å². The molecule has 2 heterocycles. The molecule has 2 N–H and O–H groups in total. The fourth-order valence-corrected chi connectivity index (χ4v) is 3.30. The summed E-state index contributed by atoms with van der Waals surface area (Å²) in [5.41, 5.74) is 4.21. The summed E-state index contributed by atoms with van der Waals surface area (Å²) in [6.45, 7) is 6.19. The quantitative estimate of drug-likeness (QED) is 0.631. The van der Waals surface area contributed by atoms with E-state index in [0.29, 0.717) is 22.7 Å². The number of hydrogen-bond donors (Lipinski definition) is 2. The normalized spacial score (nSPS) is 14.5. The van der Waals surface area contributed by atoms with Crippen LogP contribution in [0.5, 0.6) is 0 Å². The van der Waals surface area contributed by atoms with Gasteiger partial charge in [0.05, 0.1) is 13.2 Å². The number of oxazole rings is 1. The Bertz CT molecular complexity index is 1150. The van der Waals surface area contributed by atoms with Crippen molar-refractivity contribution in [3.05, 3.63) is 59.8 Å². The molecule has 0 radical (unpaired) electrons. The molecule has 0 bridgehead atoms. The number of fused-ring (bicyclic) bond motifs is 1. The molecule has 1 aliphatic rings. The summed E-state index contributed by atoms with van der Waals surface area (Å²) in [6, 6.07) is 13.4. The fraction of sp³-hybridized carbons (Fsp3) is 0.261. The van der Waals surface area contributed by atoms with Crippen molar-refractivity contribution in [3.63, 3.8) is 0 Å². The van der Waals surface area contributed by atoms with Gasteiger partial charge in [-0.15, -0.1) is 0 Å². The highest BCUT2D eigenvalue weighted by molar-refractivity contribution is 6.17. The van der Waals surface area contributed by atoms with Gasteiger partial charge in [0.2, 0.25) is 5.89 Å². The smallest absolute Gasteiger partial charge is 0.277 e. The lowest BCUT2D eigenvalue weighted by Crippen LogP contribution is -2.34. The predicted molar refractivity (Wildman–Crippen MR) is 114 cm³/mol. The van der Waals surface area contributed by atoms with Crippen molar-refractivity contribution < 1.29 is 19.1 Å². The van der Waals surface area contributed by atoms with Crippen molar-refractivity contribution in [3.8, 4) is 11.5 Å². The summed E-state index contributed by atoms with van der Waals surface area (Å²) < 4.78 is 5.93. The number of hydrogen-bond acceptors (Lipinski definition) is 6. The first-order valence-electron chi connectivity index (χ1n) is 9.73. The van der Waals surface area contributed by atoms with Crippen LogP contribution in [0.1, 0.15) is 26.3 Å². The van der Waals surface area contributed by atoms with E-state index in [1.807, 2.05) is 12.1 Å². The molecule has 154 valence electrons. The van der Waals surface area contributed by atoms with Gasteiger partial charge in [0.15, 0.2) is 5.58 Å². The molecular formula is C23H23N3O4. The van der Waals surface area contributed by atoms with Crippen LogP contribution in [-0.4, -0.2) is 40.0 Å². The lowest BCUT2D eigenvalue weighted by molar-refractivity contribution is -0.137. The predicted octanol–water partition coefficient (Wildman–Crippen LogP) is 3.45. The minimum Gasteiger partial charge on any atom is -0.436 e. The first kappa shape index (κ1) is 19.8. The Morgan fingerprint density at radius 3 is 2.50 bits per heavy atom. The molecule has 7 nitrogen and oxygen atoms in total. The van der Waals surface area contributed by atoms with Gasteiger partial charge in [0.25, 0.3) is 11.8 Å². The van der Waals surface area contributed by atoms with E-state index in [0.717, 1.165) is 10.5 Å².